The first-order chi connectivity index (χ1) is 8.09. The molecule has 0 saturated carbocycles. The van der Waals surface area contributed by atoms with Crippen molar-refractivity contribution in [2.24, 2.45) is 0 Å². The zero-order chi connectivity index (χ0) is 13.3. The summed E-state index contributed by atoms with van der Waals surface area (Å²) in [4.78, 5) is 0. The summed E-state index contributed by atoms with van der Waals surface area (Å²) in [7, 11) is 2.81. The van der Waals surface area contributed by atoms with Crippen LogP contribution in [0.2, 0.25) is 0 Å². The van der Waals surface area contributed by atoms with Gasteiger partial charge in [-0.15, -0.1) is 9.24 Å². The molecule has 0 spiro atoms. The van der Waals surface area contributed by atoms with Crippen LogP contribution >= 0.6 is 9.24 Å². The second-order valence-electron chi connectivity index (χ2n) is 4.07. The highest BCUT2D eigenvalue weighted by Gasteiger charge is 1.98. The fourth-order valence-electron chi connectivity index (χ4n) is 1.45. The average molecular weight is 248 g/mol. The molecule has 2 unspecified atom stereocenters. The van der Waals surface area contributed by atoms with Crippen LogP contribution in [0.5, 0.6) is 0 Å². The highest BCUT2D eigenvalue weighted by atomic mass is 31.0. The summed E-state index contributed by atoms with van der Waals surface area (Å²) < 4.78 is 0. The van der Waals surface area contributed by atoms with Crippen LogP contribution in [-0.2, 0) is 0 Å². The predicted octanol–water partition coefficient (Wildman–Crippen LogP) is 5.33. The summed E-state index contributed by atoms with van der Waals surface area (Å²) in [6.07, 6.45) is 4.50. The van der Waals surface area contributed by atoms with Crippen LogP contribution in [0.3, 0.4) is 0 Å². The molecule has 0 heterocycles. The van der Waals surface area contributed by atoms with Crippen LogP contribution in [0.4, 0.5) is 0 Å². The fraction of sp³-hybridized carbons (Fsp3) is 0.375. The maximum atomic E-state index is 2.81. The molecule has 0 fully saturated rings. The van der Waals surface area contributed by atoms with Crippen LogP contribution in [0, 0.1) is 0 Å². The summed E-state index contributed by atoms with van der Waals surface area (Å²) in [6.45, 7) is 10.4. The molecule has 1 aromatic carbocycles. The lowest BCUT2D eigenvalue weighted by Crippen LogP contribution is -1.87. The van der Waals surface area contributed by atoms with Gasteiger partial charge in [0.25, 0.3) is 0 Å². The molecule has 2 atom stereocenters. The number of hydrogen-bond acceptors (Lipinski definition) is 0. The van der Waals surface area contributed by atoms with Crippen LogP contribution < -0.4 is 0 Å². The largest absolute Gasteiger partial charge is 0.131 e. The van der Waals surface area contributed by atoms with Gasteiger partial charge < -0.3 is 0 Å². The second kappa shape index (κ2) is 9.19. The molecule has 1 heteroatoms. The molecule has 0 saturated heterocycles. The highest BCUT2D eigenvalue weighted by molar-refractivity contribution is 7.17. The van der Waals surface area contributed by atoms with Gasteiger partial charge in [-0.2, -0.15) is 0 Å². The Labute approximate surface area is 109 Å². The third-order valence-corrected chi connectivity index (χ3v) is 2.19. The molecule has 0 nitrogen and oxygen atoms in total. The van der Waals surface area contributed by atoms with Gasteiger partial charge in [0.2, 0.25) is 0 Å². The van der Waals surface area contributed by atoms with Crippen molar-refractivity contribution >= 4 is 14.8 Å². The molecular weight excluding hydrogens is 223 g/mol. The Morgan fingerprint density at radius 3 is 2.06 bits per heavy atom. The quantitative estimate of drug-likeness (QED) is 0.501. The van der Waals surface area contributed by atoms with E-state index in [0.29, 0.717) is 5.66 Å². The van der Waals surface area contributed by atoms with Crippen molar-refractivity contribution in [2.75, 3.05) is 0 Å². The van der Waals surface area contributed by atoms with Gasteiger partial charge in [-0.05, 0) is 30.6 Å². The molecule has 1 aromatic rings. The first-order valence-corrected chi connectivity index (χ1v) is 6.94. The van der Waals surface area contributed by atoms with E-state index >= 15 is 0 Å². The maximum absolute atomic E-state index is 2.81. The van der Waals surface area contributed by atoms with Gasteiger partial charge >= 0.3 is 0 Å². The lowest BCUT2D eigenvalue weighted by molar-refractivity contribution is 1.25. The van der Waals surface area contributed by atoms with E-state index in [0.717, 1.165) is 0 Å². The summed E-state index contributed by atoms with van der Waals surface area (Å²) in [6, 6.07) is 10.5. The van der Waals surface area contributed by atoms with E-state index in [1.165, 1.54) is 16.7 Å². The van der Waals surface area contributed by atoms with E-state index in [9.17, 15) is 0 Å². The third-order valence-electron chi connectivity index (χ3n) is 1.99. The number of rotatable bonds is 3. The first-order valence-electron chi connectivity index (χ1n) is 6.27. The van der Waals surface area contributed by atoms with Crippen molar-refractivity contribution < 1.29 is 0 Å². The number of allylic oxidation sites excluding steroid dienone is 4. The first kappa shape index (κ1) is 16.1. The van der Waals surface area contributed by atoms with Crippen LogP contribution in [0.1, 0.15) is 40.2 Å². The monoisotopic (exact) mass is 248 g/mol. The molecule has 1 rings (SSSR count). The van der Waals surface area contributed by atoms with E-state index in [1.54, 1.807) is 0 Å². The molecule has 0 bridgehead atoms. The Hall–Kier alpha value is -0.870. The van der Waals surface area contributed by atoms with Crippen LogP contribution in [0.25, 0.3) is 5.57 Å². The molecule has 0 N–H and O–H groups in total. The molecule has 0 amide bonds. The Morgan fingerprint density at radius 1 is 1.12 bits per heavy atom. The topological polar surface area (TPSA) is 0 Å². The van der Waals surface area contributed by atoms with Gasteiger partial charge in [-0.25, -0.2) is 0 Å². The smallest absolute Gasteiger partial charge is 0.0105 e. The minimum Gasteiger partial charge on any atom is -0.131 e. The number of hydrogen-bond donors (Lipinski definition) is 0. The van der Waals surface area contributed by atoms with E-state index in [4.69, 9.17) is 0 Å². The molecule has 94 valence electrons. The van der Waals surface area contributed by atoms with Crippen LogP contribution in [0.15, 0.2) is 48.1 Å². The summed E-state index contributed by atoms with van der Waals surface area (Å²) in [5.41, 5.74) is 4.41. The van der Waals surface area contributed by atoms with Crippen molar-refractivity contribution in [1.29, 1.82) is 0 Å². The van der Waals surface area contributed by atoms with Crippen molar-refractivity contribution in [3.8, 4) is 0 Å². The van der Waals surface area contributed by atoms with Crippen molar-refractivity contribution in [3.05, 3.63) is 53.6 Å². The predicted molar refractivity (Wildman–Crippen MR) is 84.4 cm³/mol. The van der Waals surface area contributed by atoms with Crippen molar-refractivity contribution in [2.45, 2.75) is 40.3 Å². The Bertz CT molecular complexity index is 354. The van der Waals surface area contributed by atoms with Gasteiger partial charge in [0.1, 0.15) is 0 Å². The van der Waals surface area contributed by atoms with Gasteiger partial charge in [-0.1, -0.05) is 68.8 Å². The number of benzene rings is 1. The minimum atomic E-state index is 0.496. The lowest BCUT2D eigenvalue weighted by Gasteiger charge is -2.05. The SMILES string of the molecule is CC.CC(C)=C/C(=C\C(C)P)c1ccccc1. The van der Waals surface area contributed by atoms with E-state index in [2.05, 4.69) is 66.4 Å². The van der Waals surface area contributed by atoms with Gasteiger partial charge in [0, 0.05) is 0 Å². The average Bonchev–Trinajstić information content (AvgIpc) is 2.31. The summed E-state index contributed by atoms with van der Waals surface area (Å²) in [5, 5.41) is 0. The fourth-order valence-corrected chi connectivity index (χ4v) is 1.66. The van der Waals surface area contributed by atoms with E-state index in [-0.39, 0.29) is 0 Å². The molecule has 0 aliphatic carbocycles. The van der Waals surface area contributed by atoms with Crippen molar-refractivity contribution in [1.82, 2.24) is 0 Å². The van der Waals surface area contributed by atoms with E-state index in [1.807, 2.05) is 19.9 Å². The van der Waals surface area contributed by atoms with Crippen LogP contribution in [-0.4, -0.2) is 5.66 Å². The Morgan fingerprint density at radius 2 is 1.65 bits per heavy atom. The van der Waals surface area contributed by atoms with Gasteiger partial charge in [0.15, 0.2) is 0 Å². The molecule has 0 radical (unpaired) electrons. The van der Waals surface area contributed by atoms with Gasteiger partial charge in [0.05, 0.1) is 0 Å². The third kappa shape index (κ3) is 7.13. The molecular formula is C16H25P. The highest BCUT2D eigenvalue weighted by Crippen LogP contribution is 2.19. The normalized spacial score (nSPS) is 12.2. The summed E-state index contributed by atoms with van der Waals surface area (Å²) in [5.74, 6) is 0. The lowest BCUT2D eigenvalue weighted by atomic mass is 10.0. The zero-order valence-corrected chi connectivity index (χ0v) is 12.9. The standard InChI is InChI=1S/C14H19P.C2H6/c1-11(2)9-14(10-12(3)15)13-7-5-4-6-8-13;1-2/h4-10,12H,15H2,1-3H3;1-2H3/b14-10+;. The molecule has 17 heavy (non-hydrogen) atoms. The Kier molecular flexibility index (Phi) is 8.72. The Balaban J connectivity index is 0.00000121. The zero-order valence-electron chi connectivity index (χ0n) is 11.7. The molecule has 0 aliphatic rings. The van der Waals surface area contributed by atoms with Gasteiger partial charge in [-0.3, -0.25) is 0 Å². The molecule has 0 aliphatic heterocycles. The summed E-state index contributed by atoms with van der Waals surface area (Å²) >= 11 is 0. The second-order valence-corrected chi connectivity index (χ2v) is 5.12. The molecule has 0 aromatic heterocycles. The van der Waals surface area contributed by atoms with Crippen molar-refractivity contribution in [3.63, 3.8) is 0 Å². The van der Waals surface area contributed by atoms with E-state index < -0.39 is 0 Å². The minimum absolute atomic E-state index is 0.496. The maximum Gasteiger partial charge on any atom is -0.0105 e.